The number of aliphatic hydroxyl groups is 2. The van der Waals surface area contributed by atoms with E-state index in [1.54, 1.807) is 0 Å². The molecule has 3 N–H and O–H groups in total. The van der Waals surface area contributed by atoms with Crippen LogP contribution in [0.5, 0.6) is 0 Å². The average Bonchev–Trinajstić information content (AvgIpc) is 3.23. The first-order valence-electron chi connectivity index (χ1n) is 26.1. The highest BCUT2D eigenvalue weighted by molar-refractivity contribution is 5.77. The fourth-order valence-corrected chi connectivity index (χ4v) is 8.07. The molecule has 0 aromatic carbocycles. The largest absolute Gasteiger partial charge is 0.462 e. The molecule has 348 valence electrons. The van der Waals surface area contributed by atoms with E-state index in [9.17, 15) is 19.8 Å². The maximum absolute atomic E-state index is 13.2. The fraction of sp³-hybridized carbons (Fsp3) is 0.887. The molecule has 0 heterocycles. The van der Waals surface area contributed by atoms with Gasteiger partial charge in [0.05, 0.1) is 25.2 Å². The van der Waals surface area contributed by atoms with Crippen LogP contribution in [0, 0.1) is 0 Å². The Labute approximate surface area is 367 Å². The highest BCUT2D eigenvalue weighted by Crippen LogP contribution is 2.18. The standard InChI is InChI=1S/C53H101NO5/c1-4-7-10-13-16-19-22-24-25-26-28-30-32-35-38-41-44-49(59-53(58)46-43-40-37-34-29-21-18-15-12-9-6-3)47-52(57)54-50(48-55)51(56)45-42-39-36-33-31-27-23-20-17-14-11-8-5-2/h25-26,28,30,49-51,55-56H,4-24,27,29,31-48H2,1-3H3,(H,54,57)/b26-25+,30-28+. The van der Waals surface area contributed by atoms with E-state index >= 15 is 0 Å². The van der Waals surface area contributed by atoms with Gasteiger partial charge in [-0.05, 0) is 51.4 Å². The molecule has 0 aliphatic rings. The fourth-order valence-electron chi connectivity index (χ4n) is 8.07. The summed E-state index contributed by atoms with van der Waals surface area (Å²) in [5.41, 5.74) is 0. The van der Waals surface area contributed by atoms with Crippen LogP contribution in [0.1, 0.15) is 278 Å². The number of esters is 1. The normalized spacial score (nSPS) is 13.4. The summed E-state index contributed by atoms with van der Waals surface area (Å²) in [6.45, 7) is 6.48. The first-order valence-corrected chi connectivity index (χ1v) is 26.1. The number of hydrogen-bond donors (Lipinski definition) is 3. The molecule has 1 amide bonds. The highest BCUT2D eigenvalue weighted by atomic mass is 16.5. The number of rotatable bonds is 47. The van der Waals surface area contributed by atoms with Crippen molar-refractivity contribution in [1.29, 1.82) is 0 Å². The number of allylic oxidation sites excluding steroid dienone is 4. The molecule has 0 rings (SSSR count). The maximum atomic E-state index is 13.2. The second-order valence-electron chi connectivity index (χ2n) is 18.0. The van der Waals surface area contributed by atoms with Gasteiger partial charge in [0.15, 0.2) is 0 Å². The van der Waals surface area contributed by atoms with Crippen LogP contribution in [0.25, 0.3) is 0 Å². The molecular weight excluding hydrogens is 731 g/mol. The number of carbonyl (C=O) groups excluding carboxylic acids is 2. The topological polar surface area (TPSA) is 95.9 Å². The summed E-state index contributed by atoms with van der Waals surface area (Å²) in [5.74, 6) is -0.488. The van der Waals surface area contributed by atoms with Crippen molar-refractivity contribution in [3.05, 3.63) is 24.3 Å². The van der Waals surface area contributed by atoms with E-state index in [2.05, 4.69) is 50.4 Å². The third-order valence-electron chi connectivity index (χ3n) is 12.1. The smallest absolute Gasteiger partial charge is 0.306 e. The average molecular weight is 832 g/mol. The third-order valence-corrected chi connectivity index (χ3v) is 12.1. The number of aliphatic hydroxyl groups excluding tert-OH is 2. The van der Waals surface area contributed by atoms with Crippen molar-refractivity contribution >= 4 is 11.9 Å². The van der Waals surface area contributed by atoms with Gasteiger partial charge < -0.3 is 20.3 Å². The molecule has 0 aliphatic carbocycles. The molecule has 0 bridgehead atoms. The maximum Gasteiger partial charge on any atom is 0.306 e. The summed E-state index contributed by atoms with van der Waals surface area (Å²) < 4.78 is 5.92. The van der Waals surface area contributed by atoms with Crippen molar-refractivity contribution in [2.24, 2.45) is 0 Å². The van der Waals surface area contributed by atoms with Crippen LogP contribution in [0.3, 0.4) is 0 Å². The van der Waals surface area contributed by atoms with Gasteiger partial charge >= 0.3 is 5.97 Å². The molecule has 6 nitrogen and oxygen atoms in total. The van der Waals surface area contributed by atoms with Crippen LogP contribution in [-0.2, 0) is 14.3 Å². The summed E-state index contributed by atoms with van der Waals surface area (Å²) in [7, 11) is 0. The number of unbranched alkanes of at least 4 members (excludes halogenated alkanes) is 32. The zero-order valence-electron chi connectivity index (χ0n) is 39.7. The van der Waals surface area contributed by atoms with Gasteiger partial charge in [-0.3, -0.25) is 9.59 Å². The van der Waals surface area contributed by atoms with Crippen LogP contribution < -0.4 is 5.32 Å². The molecule has 59 heavy (non-hydrogen) atoms. The van der Waals surface area contributed by atoms with Crippen LogP contribution in [0.4, 0.5) is 0 Å². The predicted octanol–water partition coefficient (Wildman–Crippen LogP) is 15.5. The Bertz CT molecular complexity index is 935. The number of ether oxygens (including phenoxy) is 1. The van der Waals surface area contributed by atoms with Crippen molar-refractivity contribution in [3.63, 3.8) is 0 Å². The third kappa shape index (κ3) is 42.8. The van der Waals surface area contributed by atoms with Crippen molar-refractivity contribution in [2.45, 2.75) is 296 Å². The quantitative estimate of drug-likeness (QED) is 0.0322. The van der Waals surface area contributed by atoms with E-state index in [4.69, 9.17) is 4.74 Å². The van der Waals surface area contributed by atoms with Gasteiger partial charge in [0.25, 0.3) is 0 Å². The van der Waals surface area contributed by atoms with Crippen LogP contribution in [-0.4, -0.2) is 46.9 Å². The van der Waals surface area contributed by atoms with Gasteiger partial charge in [0, 0.05) is 6.42 Å². The van der Waals surface area contributed by atoms with Gasteiger partial charge in [-0.15, -0.1) is 0 Å². The molecule has 0 spiro atoms. The molecule has 0 fully saturated rings. The molecule has 0 radical (unpaired) electrons. The first-order chi connectivity index (χ1) is 29.0. The highest BCUT2D eigenvalue weighted by Gasteiger charge is 2.24. The Kier molecular flexibility index (Phi) is 46.1. The molecule has 0 aromatic heterocycles. The lowest BCUT2D eigenvalue weighted by molar-refractivity contribution is -0.151. The van der Waals surface area contributed by atoms with E-state index in [1.165, 1.54) is 161 Å². The zero-order valence-corrected chi connectivity index (χ0v) is 39.7. The summed E-state index contributed by atoms with van der Waals surface area (Å²) in [4.78, 5) is 26.1. The second-order valence-corrected chi connectivity index (χ2v) is 18.0. The zero-order chi connectivity index (χ0) is 43.1. The summed E-state index contributed by atoms with van der Waals surface area (Å²) in [5, 5.41) is 23.8. The molecule has 0 aromatic rings. The second kappa shape index (κ2) is 47.4. The van der Waals surface area contributed by atoms with Crippen LogP contribution in [0.2, 0.25) is 0 Å². The molecule has 6 heteroatoms. The van der Waals surface area contributed by atoms with Gasteiger partial charge in [0.2, 0.25) is 5.91 Å². The van der Waals surface area contributed by atoms with Gasteiger partial charge in [0.1, 0.15) is 6.10 Å². The Balaban J connectivity index is 4.60. The monoisotopic (exact) mass is 832 g/mol. The van der Waals surface area contributed by atoms with E-state index in [-0.39, 0.29) is 24.9 Å². The Morgan fingerprint density at radius 2 is 0.847 bits per heavy atom. The number of hydrogen-bond acceptors (Lipinski definition) is 5. The Morgan fingerprint density at radius 1 is 0.492 bits per heavy atom. The summed E-state index contributed by atoms with van der Waals surface area (Å²) in [6, 6.07) is -0.705. The molecule has 0 saturated heterocycles. The van der Waals surface area contributed by atoms with Crippen LogP contribution >= 0.6 is 0 Å². The Morgan fingerprint density at radius 3 is 1.27 bits per heavy atom. The van der Waals surface area contributed by atoms with Crippen molar-refractivity contribution in [2.75, 3.05) is 6.61 Å². The van der Waals surface area contributed by atoms with Crippen molar-refractivity contribution < 1.29 is 24.5 Å². The predicted molar refractivity (Wildman–Crippen MR) is 255 cm³/mol. The van der Waals surface area contributed by atoms with Crippen LogP contribution in [0.15, 0.2) is 24.3 Å². The lowest BCUT2D eigenvalue weighted by Crippen LogP contribution is -2.46. The minimum absolute atomic E-state index is 0.0649. The minimum atomic E-state index is -0.790. The number of carbonyl (C=O) groups is 2. The Hall–Kier alpha value is -1.66. The summed E-state index contributed by atoms with van der Waals surface area (Å²) >= 11 is 0. The SMILES string of the molecule is CCCCCCCCC/C=C/C=C/CCCCCC(CC(=O)NC(CO)C(O)CCCCCCCCCCCCCCC)OC(=O)CCCCCCCCCCCCC. The molecule has 3 atom stereocenters. The van der Waals surface area contributed by atoms with Gasteiger partial charge in [-0.1, -0.05) is 238 Å². The first kappa shape index (κ1) is 57.3. The molecule has 0 saturated carbocycles. The van der Waals surface area contributed by atoms with Crippen molar-refractivity contribution in [1.82, 2.24) is 5.32 Å². The lowest BCUT2D eigenvalue weighted by Gasteiger charge is -2.24. The van der Waals surface area contributed by atoms with E-state index in [0.29, 0.717) is 19.3 Å². The van der Waals surface area contributed by atoms with E-state index in [1.807, 2.05) is 0 Å². The minimum Gasteiger partial charge on any atom is -0.462 e. The molecule has 3 unspecified atom stereocenters. The summed E-state index contributed by atoms with van der Waals surface area (Å²) in [6.07, 6.45) is 53.8. The van der Waals surface area contributed by atoms with Gasteiger partial charge in [-0.2, -0.15) is 0 Å². The molecule has 0 aliphatic heterocycles. The van der Waals surface area contributed by atoms with Crippen molar-refractivity contribution in [3.8, 4) is 0 Å². The van der Waals surface area contributed by atoms with Gasteiger partial charge in [-0.25, -0.2) is 0 Å². The number of amides is 1. The van der Waals surface area contributed by atoms with E-state index in [0.717, 1.165) is 70.6 Å². The van der Waals surface area contributed by atoms with E-state index < -0.39 is 18.2 Å². The number of nitrogens with one attached hydrogen (secondary N) is 1. The lowest BCUT2D eigenvalue weighted by atomic mass is 10.0. The molecular formula is C53H101NO5.